The Bertz CT molecular complexity index is 759. The Morgan fingerprint density at radius 1 is 0.935 bits per heavy atom. The van der Waals surface area contributed by atoms with Gasteiger partial charge in [-0.1, -0.05) is 18.2 Å². The van der Waals surface area contributed by atoms with Crippen LogP contribution >= 0.6 is 0 Å². The van der Waals surface area contributed by atoms with Gasteiger partial charge in [-0.05, 0) is 70.9 Å². The summed E-state index contributed by atoms with van der Waals surface area (Å²) < 4.78 is 0. The zero-order chi connectivity index (χ0) is 22.4. The van der Waals surface area contributed by atoms with Crippen LogP contribution in [0.4, 0.5) is 4.79 Å². The number of hydrogen-bond acceptors (Lipinski definition) is 3. The van der Waals surface area contributed by atoms with Crippen molar-refractivity contribution in [1.29, 1.82) is 0 Å². The van der Waals surface area contributed by atoms with Crippen LogP contribution in [0, 0.1) is 5.92 Å². The van der Waals surface area contributed by atoms with Gasteiger partial charge in [-0.2, -0.15) is 0 Å². The molecule has 0 radical (unpaired) electrons. The van der Waals surface area contributed by atoms with Gasteiger partial charge in [0.15, 0.2) is 0 Å². The molecule has 2 heterocycles. The fourth-order valence-corrected chi connectivity index (χ4v) is 4.57. The second kappa shape index (κ2) is 10.6. The highest BCUT2D eigenvalue weighted by molar-refractivity contribution is 5.97. The Kier molecular flexibility index (Phi) is 7.93. The minimum Gasteiger partial charge on any atom is -0.340 e. The molecular weight excluding hydrogens is 392 g/mol. The predicted octanol–water partition coefficient (Wildman–Crippen LogP) is 3.02. The molecule has 0 spiro atoms. The number of benzene rings is 1. The first-order valence-corrected chi connectivity index (χ1v) is 11.6. The second-order valence-electron chi connectivity index (χ2n) is 9.12. The average molecular weight is 429 g/mol. The first kappa shape index (κ1) is 23.1. The molecule has 31 heavy (non-hydrogen) atoms. The normalized spacial score (nSPS) is 21.0. The third-order valence-corrected chi connectivity index (χ3v) is 6.39. The summed E-state index contributed by atoms with van der Waals surface area (Å²) in [7, 11) is 0. The Morgan fingerprint density at radius 2 is 1.61 bits per heavy atom. The minimum atomic E-state index is -0.566. The van der Waals surface area contributed by atoms with Gasteiger partial charge in [0, 0.05) is 37.3 Å². The molecule has 7 heteroatoms. The van der Waals surface area contributed by atoms with E-state index in [9.17, 15) is 14.4 Å². The van der Waals surface area contributed by atoms with Crippen LogP contribution in [-0.4, -0.2) is 65.4 Å². The summed E-state index contributed by atoms with van der Waals surface area (Å²) in [4.78, 5) is 42.5. The highest BCUT2D eigenvalue weighted by atomic mass is 16.2. The summed E-state index contributed by atoms with van der Waals surface area (Å²) in [6.45, 7) is 7.89. The van der Waals surface area contributed by atoms with Crippen molar-refractivity contribution < 1.29 is 14.4 Å². The predicted molar refractivity (Wildman–Crippen MR) is 121 cm³/mol. The van der Waals surface area contributed by atoms with E-state index < -0.39 is 6.04 Å². The molecule has 7 nitrogen and oxygen atoms in total. The topological polar surface area (TPSA) is 81.8 Å². The van der Waals surface area contributed by atoms with Crippen LogP contribution in [0.2, 0.25) is 0 Å². The molecule has 2 atom stereocenters. The molecule has 0 saturated carbocycles. The Hall–Kier alpha value is -2.57. The third-order valence-electron chi connectivity index (χ3n) is 6.39. The molecule has 2 fully saturated rings. The lowest BCUT2D eigenvalue weighted by Crippen LogP contribution is -2.57. The number of hydrogen-bond donors (Lipinski definition) is 2. The quantitative estimate of drug-likeness (QED) is 0.756. The maximum absolute atomic E-state index is 13.6. The molecule has 1 aromatic rings. The van der Waals surface area contributed by atoms with Crippen LogP contribution in [0.3, 0.4) is 0 Å². The lowest BCUT2D eigenvalue weighted by atomic mass is 9.87. The van der Waals surface area contributed by atoms with Crippen molar-refractivity contribution >= 4 is 17.8 Å². The van der Waals surface area contributed by atoms with Crippen molar-refractivity contribution in [2.24, 2.45) is 5.92 Å². The van der Waals surface area contributed by atoms with Crippen LogP contribution < -0.4 is 10.6 Å². The highest BCUT2D eigenvalue weighted by Crippen LogP contribution is 2.25. The standard InChI is InChI=1S/C24H36N4O3/c1-17(2)25-24(31)27-15-12-19(13-16-27)21(23(30)28-14-8-7-9-18(28)3)26-22(29)20-10-5-4-6-11-20/h4-6,10-11,17-19,21H,7-9,12-16H2,1-3H3,(H,25,31)(H,26,29)/t18-,21+/m0/s1. The van der Waals surface area contributed by atoms with Gasteiger partial charge in [0.2, 0.25) is 5.91 Å². The van der Waals surface area contributed by atoms with Gasteiger partial charge in [-0.15, -0.1) is 0 Å². The fraction of sp³-hybridized carbons (Fsp3) is 0.625. The van der Waals surface area contributed by atoms with E-state index in [1.54, 1.807) is 17.0 Å². The molecule has 0 aromatic heterocycles. The number of carbonyl (C=O) groups is 3. The SMILES string of the molecule is CC(C)NC(=O)N1CCC([C@@H](NC(=O)c2ccccc2)C(=O)N2CCCC[C@@H]2C)CC1. The zero-order valence-corrected chi connectivity index (χ0v) is 19.0. The summed E-state index contributed by atoms with van der Waals surface area (Å²) in [6, 6.07) is 8.69. The fourth-order valence-electron chi connectivity index (χ4n) is 4.57. The van der Waals surface area contributed by atoms with E-state index in [0.717, 1.165) is 25.8 Å². The smallest absolute Gasteiger partial charge is 0.317 e. The van der Waals surface area contributed by atoms with Crippen molar-refractivity contribution in [3.8, 4) is 0 Å². The molecule has 1 aromatic carbocycles. The minimum absolute atomic E-state index is 0.0115. The largest absolute Gasteiger partial charge is 0.340 e. The Morgan fingerprint density at radius 3 is 2.23 bits per heavy atom. The molecule has 4 amide bonds. The number of nitrogens with zero attached hydrogens (tertiary/aromatic N) is 2. The molecule has 0 unspecified atom stereocenters. The number of rotatable bonds is 5. The molecule has 170 valence electrons. The van der Waals surface area contributed by atoms with Crippen molar-refractivity contribution in [2.45, 2.75) is 71.0 Å². The van der Waals surface area contributed by atoms with E-state index in [2.05, 4.69) is 17.6 Å². The van der Waals surface area contributed by atoms with Gasteiger partial charge in [-0.25, -0.2) is 4.79 Å². The van der Waals surface area contributed by atoms with Crippen LogP contribution in [0.1, 0.15) is 63.2 Å². The summed E-state index contributed by atoms with van der Waals surface area (Å²) in [5.41, 5.74) is 0.556. The molecule has 2 N–H and O–H groups in total. The van der Waals surface area contributed by atoms with E-state index in [1.807, 2.05) is 36.9 Å². The summed E-state index contributed by atoms with van der Waals surface area (Å²) in [5.74, 6) is -0.192. The number of urea groups is 1. The Labute approximate surface area is 185 Å². The van der Waals surface area contributed by atoms with Crippen molar-refractivity contribution in [2.75, 3.05) is 19.6 Å². The van der Waals surface area contributed by atoms with Crippen LogP contribution in [0.5, 0.6) is 0 Å². The Balaban J connectivity index is 1.72. The summed E-state index contributed by atoms with van der Waals surface area (Å²) >= 11 is 0. The van der Waals surface area contributed by atoms with Crippen LogP contribution in [-0.2, 0) is 4.79 Å². The molecule has 0 aliphatic carbocycles. The second-order valence-corrected chi connectivity index (χ2v) is 9.12. The van der Waals surface area contributed by atoms with E-state index >= 15 is 0 Å². The van der Waals surface area contributed by atoms with E-state index in [0.29, 0.717) is 31.5 Å². The van der Waals surface area contributed by atoms with E-state index in [1.165, 1.54) is 0 Å². The van der Waals surface area contributed by atoms with Gasteiger partial charge >= 0.3 is 6.03 Å². The molecule has 2 aliphatic rings. The third kappa shape index (κ3) is 5.99. The van der Waals surface area contributed by atoms with Gasteiger partial charge < -0.3 is 20.4 Å². The van der Waals surface area contributed by atoms with Crippen LogP contribution in [0.25, 0.3) is 0 Å². The molecule has 0 bridgehead atoms. The lowest BCUT2D eigenvalue weighted by Gasteiger charge is -2.40. The van der Waals surface area contributed by atoms with Gasteiger partial charge in [-0.3, -0.25) is 9.59 Å². The highest BCUT2D eigenvalue weighted by Gasteiger charge is 2.38. The molecule has 3 rings (SSSR count). The maximum atomic E-state index is 13.6. The van der Waals surface area contributed by atoms with E-state index in [-0.39, 0.29) is 35.8 Å². The van der Waals surface area contributed by atoms with Crippen molar-refractivity contribution in [3.63, 3.8) is 0 Å². The van der Waals surface area contributed by atoms with Gasteiger partial charge in [0.25, 0.3) is 5.91 Å². The number of amides is 4. The lowest BCUT2D eigenvalue weighted by molar-refractivity contribution is -0.138. The maximum Gasteiger partial charge on any atom is 0.317 e. The van der Waals surface area contributed by atoms with E-state index in [4.69, 9.17) is 0 Å². The number of piperidine rings is 2. The first-order valence-electron chi connectivity index (χ1n) is 11.6. The monoisotopic (exact) mass is 428 g/mol. The zero-order valence-electron chi connectivity index (χ0n) is 19.0. The first-order chi connectivity index (χ1) is 14.9. The molecular formula is C24H36N4O3. The number of carbonyl (C=O) groups excluding carboxylic acids is 3. The molecule has 2 saturated heterocycles. The van der Waals surface area contributed by atoms with Crippen molar-refractivity contribution in [3.05, 3.63) is 35.9 Å². The summed E-state index contributed by atoms with van der Waals surface area (Å²) in [5, 5.41) is 5.98. The van der Waals surface area contributed by atoms with Gasteiger partial charge in [0.1, 0.15) is 6.04 Å². The number of nitrogens with one attached hydrogen (secondary N) is 2. The summed E-state index contributed by atoms with van der Waals surface area (Å²) in [6.07, 6.45) is 4.52. The average Bonchev–Trinajstić information content (AvgIpc) is 2.77. The van der Waals surface area contributed by atoms with Gasteiger partial charge in [0.05, 0.1) is 0 Å². The molecule has 2 aliphatic heterocycles. The number of likely N-dealkylation sites (tertiary alicyclic amines) is 2. The van der Waals surface area contributed by atoms with Crippen molar-refractivity contribution in [1.82, 2.24) is 20.4 Å². The van der Waals surface area contributed by atoms with Crippen LogP contribution in [0.15, 0.2) is 30.3 Å².